The summed E-state index contributed by atoms with van der Waals surface area (Å²) in [6.07, 6.45) is 2.95. The molecule has 0 heterocycles. The van der Waals surface area contributed by atoms with Crippen LogP contribution in [0.2, 0.25) is 0 Å². The number of carbonyl (C=O) groups excluding carboxylic acids is 1. The van der Waals surface area contributed by atoms with E-state index in [0.29, 0.717) is 18.0 Å². The van der Waals surface area contributed by atoms with Crippen molar-refractivity contribution in [1.29, 1.82) is 0 Å². The Hall–Kier alpha value is -1.80. The zero-order chi connectivity index (χ0) is 18.2. The molecule has 0 bridgehead atoms. The molecule has 0 spiro atoms. The van der Waals surface area contributed by atoms with Crippen molar-refractivity contribution < 1.29 is 22.7 Å². The van der Waals surface area contributed by atoms with Gasteiger partial charge in [-0.25, -0.2) is 8.42 Å². The number of methoxy groups -OCH3 is 2. The lowest BCUT2D eigenvalue weighted by Gasteiger charge is -2.15. The van der Waals surface area contributed by atoms with Gasteiger partial charge in [0.2, 0.25) is 15.9 Å². The van der Waals surface area contributed by atoms with E-state index >= 15 is 0 Å². The van der Waals surface area contributed by atoms with E-state index < -0.39 is 16.1 Å². The van der Waals surface area contributed by atoms with Crippen molar-refractivity contribution in [3.63, 3.8) is 0 Å². The minimum atomic E-state index is -3.84. The molecule has 1 rings (SSSR count). The average Bonchev–Trinajstić information content (AvgIpc) is 2.57. The van der Waals surface area contributed by atoms with Gasteiger partial charge in [-0.1, -0.05) is 19.8 Å². The molecule has 24 heavy (non-hydrogen) atoms. The van der Waals surface area contributed by atoms with E-state index in [9.17, 15) is 13.2 Å². The van der Waals surface area contributed by atoms with Crippen molar-refractivity contribution >= 4 is 15.9 Å². The summed E-state index contributed by atoms with van der Waals surface area (Å²) in [5, 5.41) is 2.72. The van der Waals surface area contributed by atoms with E-state index in [0.717, 1.165) is 19.3 Å². The Kier molecular flexibility index (Phi) is 8.00. The second kappa shape index (κ2) is 9.48. The third-order valence-electron chi connectivity index (χ3n) is 3.47. The number of hydrogen-bond donors (Lipinski definition) is 2. The van der Waals surface area contributed by atoms with Gasteiger partial charge in [0.15, 0.2) is 11.5 Å². The van der Waals surface area contributed by atoms with Gasteiger partial charge >= 0.3 is 0 Å². The summed E-state index contributed by atoms with van der Waals surface area (Å²) in [5.74, 6) is 0.380. The number of unbranched alkanes of at least 4 members (excludes halogenated alkanes) is 2. The first-order chi connectivity index (χ1) is 11.4. The highest BCUT2D eigenvalue weighted by molar-refractivity contribution is 7.89. The van der Waals surface area contributed by atoms with Crippen LogP contribution in [0.4, 0.5) is 0 Å². The van der Waals surface area contributed by atoms with Gasteiger partial charge in [-0.15, -0.1) is 0 Å². The highest BCUT2D eigenvalue weighted by Crippen LogP contribution is 2.29. The van der Waals surface area contributed by atoms with E-state index in [1.165, 1.54) is 39.3 Å². The van der Waals surface area contributed by atoms with Gasteiger partial charge < -0.3 is 14.8 Å². The summed E-state index contributed by atoms with van der Waals surface area (Å²) in [4.78, 5) is 12.0. The molecule has 136 valence electrons. The topological polar surface area (TPSA) is 93.7 Å². The zero-order valence-corrected chi connectivity index (χ0v) is 15.4. The first-order valence-electron chi connectivity index (χ1n) is 7.87. The summed E-state index contributed by atoms with van der Waals surface area (Å²) in [7, 11) is -0.952. The van der Waals surface area contributed by atoms with Crippen molar-refractivity contribution in [2.45, 2.75) is 44.0 Å². The van der Waals surface area contributed by atoms with E-state index in [1.54, 1.807) is 0 Å². The van der Waals surface area contributed by atoms with Crippen molar-refractivity contribution in [2.75, 3.05) is 20.8 Å². The van der Waals surface area contributed by atoms with Gasteiger partial charge in [0.25, 0.3) is 0 Å². The summed E-state index contributed by atoms with van der Waals surface area (Å²) in [5.41, 5.74) is 0. The molecular weight excluding hydrogens is 332 g/mol. The van der Waals surface area contributed by atoms with Crippen LogP contribution in [0.3, 0.4) is 0 Å². The Morgan fingerprint density at radius 3 is 2.42 bits per heavy atom. The van der Waals surface area contributed by atoms with Crippen molar-refractivity contribution in [2.24, 2.45) is 0 Å². The fourth-order valence-electron chi connectivity index (χ4n) is 2.08. The predicted octanol–water partition coefficient (Wildman–Crippen LogP) is 1.68. The van der Waals surface area contributed by atoms with Gasteiger partial charge in [0.1, 0.15) is 0 Å². The molecule has 1 atom stereocenters. The minimum absolute atomic E-state index is 0.00535. The Bertz CT molecular complexity index is 646. The Morgan fingerprint density at radius 1 is 1.17 bits per heavy atom. The molecule has 1 unspecified atom stereocenters. The molecule has 7 nitrogen and oxygen atoms in total. The summed E-state index contributed by atoms with van der Waals surface area (Å²) >= 11 is 0. The Balaban J connectivity index is 2.76. The molecule has 1 aromatic carbocycles. The SMILES string of the molecule is CCCCCNC(=O)C(C)NS(=O)(=O)c1ccc(OC)c(OC)c1. The second-order valence-electron chi connectivity index (χ2n) is 5.36. The number of ether oxygens (including phenoxy) is 2. The Morgan fingerprint density at radius 2 is 1.83 bits per heavy atom. The normalized spacial score (nSPS) is 12.5. The van der Waals surface area contributed by atoms with Crippen LogP contribution in [0.25, 0.3) is 0 Å². The molecule has 0 saturated heterocycles. The lowest BCUT2D eigenvalue weighted by atomic mass is 10.2. The molecule has 0 aliphatic heterocycles. The second-order valence-corrected chi connectivity index (χ2v) is 7.07. The van der Waals surface area contributed by atoms with E-state index in [4.69, 9.17) is 9.47 Å². The zero-order valence-electron chi connectivity index (χ0n) is 14.6. The van der Waals surface area contributed by atoms with Gasteiger partial charge in [-0.2, -0.15) is 4.72 Å². The van der Waals surface area contributed by atoms with Crippen LogP contribution in [-0.4, -0.2) is 41.1 Å². The maximum atomic E-state index is 12.4. The van der Waals surface area contributed by atoms with E-state index in [2.05, 4.69) is 17.0 Å². The number of hydrogen-bond acceptors (Lipinski definition) is 5. The summed E-state index contributed by atoms with van der Waals surface area (Å²) in [6.45, 7) is 4.12. The highest BCUT2D eigenvalue weighted by Gasteiger charge is 2.23. The molecule has 0 saturated carbocycles. The number of rotatable bonds is 10. The summed E-state index contributed by atoms with van der Waals surface area (Å²) in [6, 6.07) is 3.38. The van der Waals surface area contributed by atoms with Gasteiger partial charge in [-0.3, -0.25) is 4.79 Å². The fraction of sp³-hybridized carbons (Fsp3) is 0.562. The van der Waals surface area contributed by atoms with E-state index in [1.807, 2.05) is 0 Å². The first-order valence-corrected chi connectivity index (χ1v) is 9.36. The number of carbonyl (C=O) groups is 1. The van der Waals surface area contributed by atoms with Crippen LogP contribution in [0.15, 0.2) is 23.1 Å². The molecular formula is C16H26N2O5S. The monoisotopic (exact) mass is 358 g/mol. The van der Waals surface area contributed by atoms with E-state index in [-0.39, 0.29) is 10.8 Å². The van der Waals surface area contributed by atoms with Crippen LogP contribution < -0.4 is 19.5 Å². The molecule has 2 N–H and O–H groups in total. The number of sulfonamides is 1. The standard InChI is InChI=1S/C16H26N2O5S/c1-5-6-7-10-17-16(19)12(2)18-24(20,21)13-8-9-14(22-3)15(11-13)23-4/h8-9,11-12,18H,5-7,10H2,1-4H3,(H,17,19). The maximum Gasteiger partial charge on any atom is 0.241 e. The minimum Gasteiger partial charge on any atom is -0.493 e. The summed E-state index contributed by atoms with van der Waals surface area (Å²) < 4.78 is 37.4. The lowest BCUT2D eigenvalue weighted by Crippen LogP contribution is -2.44. The van der Waals surface area contributed by atoms with Gasteiger partial charge in [0, 0.05) is 12.6 Å². The average molecular weight is 358 g/mol. The predicted molar refractivity (Wildman–Crippen MR) is 91.9 cm³/mol. The molecule has 8 heteroatoms. The largest absolute Gasteiger partial charge is 0.493 e. The van der Waals surface area contributed by atoms with Crippen molar-refractivity contribution in [3.8, 4) is 11.5 Å². The van der Waals surface area contributed by atoms with Crippen LogP contribution in [0.5, 0.6) is 11.5 Å². The van der Waals surface area contributed by atoms with Crippen molar-refractivity contribution in [1.82, 2.24) is 10.0 Å². The number of amides is 1. The molecule has 0 radical (unpaired) electrons. The molecule has 0 aromatic heterocycles. The van der Waals surface area contributed by atoms with Crippen LogP contribution in [0.1, 0.15) is 33.1 Å². The number of nitrogens with one attached hydrogen (secondary N) is 2. The highest BCUT2D eigenvalue weighted by atomic mass is 32.2. The van der Waals surface area contributed by atoms with Gasteiger partial charge in [0.05, 0.1) is 25.2 Å². The van der Waals surface area contributed by atoms with Crippen LogP contribution >= 0.6 is 0 Å². The molecule has 1 aromatic rings. The Labute approximate surface area is 143 Å². The lowest BCUT2D eigenvalue weighted by molar-refractivity contribution is -0.122. The van der Waals surface area contributed by atoms with Crippen LogP contribution in [-0.2, 0) is 14.8 Å². The van der Waals surface area contributed by atoms with Gasteiger partial charge in [-0.05, 0) is 25.5 Å². The molecule has 0 aliphatic carbocycles. The number of benzene rings is 1. The molecule has 1 amide bonds. The van der Waals surface area contributed by atoms with Crippen LogP contribution in [0, 0.1) is 0 Å². The molecule has 0 aliphatic rings. The third-order valence-corrected chi connectivity index (χ3v) is 5.01. The fourth-order valence-corrected chi connectivity index (χ4v) is 3.30. The quantitative estimate of drug-likeness (QED) is 0.621. The van der Waals surface area contributed by atoms with Crippen molar-refractivity contribution in [3.05, 3.63) is 18.2 Å². The first kappa shape index (κ1) is 20.2. The molecule has 0 fully saturated rings. The third kappa shape index (κ3) is 5.68. The maximum absolute atomic E-state index is 12.4. The smallest absolute Gasteiger partial charge is 0.241 e.